The van der Waals surface area contributed by atoms with Crippen molar-refractivity contribution in [2.75, 3.05) is 20.2 Å². The Morgan fingerprint density at radius 2 is 1.76 bits per heavy atom. The molecular formula is C27H47N3O4. The van der Waals surface area contributed by atoms with Crippen LogP contribution in [-0.2, 0) is 19.1 Å². The minimum absolute atomic E-state index is 0.0346. The molecule has 0 aromatic carbocycles. The number of nitrogens with zero attached hydrogens (tertiary/aromatic N) is 2. The van der Waals surface area contributed by atoms with Crippen molar-refractivity contribution in [3.63, 3.8) is 0 Å². The van der Waals surface area contributed by atoms with Gasteiger partial charge in [-0.1, -0.05) is 53.5 Å². The van der Waals surface area contributed by atoms with Crippen molar-refractivity contribution >= 4 is 17.8 Å². The van der Waals surface area contributed by atoms with E-state index in [0.717, 1.165) is 38.6 Å². The summed E-state index contributed by atoms with van der Waals surface area (Å²) in [6.45, 7) is 14.8. The standard InChI is InChI=1S/C27H47N3O4/c1-9-34-26(33)19(4)17-22(18(2)3)29(8)25(32)23(27(5,6)7)28-24(31)21-15-10-11-16-30(21)20-13-12-14-20/h17-18,20-23H,9-16H2,1-8H3,(H,28,31)/b19-17+/t21-,22-,23-/m1/s1. The summed E-state index contributed by atoms with van der Waals surface area (Å²) in [5.41, 5.74) is 0.0215. The number of amides is 2. The SMILES string of the molecule is CCOC(=O)/C(C)=C/[C@H](C(C)C)N(C)C(=O)[C@@H](NC(=O)[C@H]1CCCCN1C1CCC1)C(C)(C)C. The van der Waals surface area contributed by atoms with Crippen LogP contribution in [0.2, 0.25) is 0 Å². The number of likely N-dealkylation sites (N-methyl/N-ethyl adjacent to an activating group) is 1. The summed E-state index contributed by atoms with van der Waals surface area (Å²) in [6, 6.07) is -0.606. The van der Waals surface area contributed by atoms with E-state index in [1.165, 1.54) is 6.42 Å². The van der Waals surface area contributed by atoms with Crippen molar-refractivity contribution in [2.24, 2.45) is 11.3 Å². The molecule has 1 saturated carbocycles. The van der Waals surface area contributed by atoms with Crippen LogP contribution in [0.25, 0.3) is 0 Å². The summed E-state index contributed by atoms with van der Waals surface area (Å²) in [5, 5.41) is 3.15. The predicted octanol–water partition coefficient (Wildman–Crippen LogP) is 3.92. The van der Waals surface area contributed by atoms with Gasteiger partial charge in [0, 0.05) is 18.7 Å². The molecule has 1 aliphatic heterocycles. The lowest BCUT2D eigenvalue weighted by Gasteiger charge is -2.45. The topological polar surface area (TPSA) is 79.0 Å². The molecular weight excluding hydrogens is 430 g/mol. The number of nitrogens with one attached hydrogen (secondary N) is 1. The average molecular weight is 478 g/mol. The smallest absolute Gasteiger partial charge is 0.333 e. The highest BCUT2D eigenvalue weighted by Crippen LogP contribution is 2.31. The van der Waals surface area contributed by atoms with Gasteiger partial charge in [0.2, 0.25) is 11.8 Å². The van der Waals surface area contributed by atoms with Crippen LogP contribution in [0.4, 0.5) is 0 Å². The Morgan fingerprint density at radius 3 is 2.26 bits per heavy atom. The van der Waals surface area contributed by atoms with Crippen molar-refractivity contribution in [2.45, 2.75) is 111 Å². The van der Waals surface area contributed by atoms with Crippen molar-refractivity contribution in [3.05, 3.63) is 11.6 Å². The van der Waals surface area contributed by atoms with Gasteiger partial charge in [-0.2, -0.15) is 0 Å². The molecule has 0 bridgehead atoms. The van der Waals surface area contributed by atoms with Crippen molar-refractivity contribution < 1.29 is 19.1 Å². The number of carbonyl (C=O) groups is 3. The second kappa shape index (κ2) is 12.2. The first-order chi connectivity index (χ1) is 15.9. The number of likely N-dealkylation sites (tertiary alicyclic amines) is 1. The summed E-state index contributed by atoms with van der Waals surface area (Å²) < 4.78 is 5.12. The number of hydrogen-bond donors (Lipinski definition) is 1. The first kappa shape index (κ1) is 28.3. The zero-order valence-corrected chi connectivity index (χ0v) is 22.6. The fourth-order valence-corrected chi connectivity index (χ4v) is 4.95. The lowest BCUT2D eigenvalue weighted by molar-refractivity contribution is -0.142. The molecule has 7 nitrogen and oxygen atoms in total. The quantitative estimate of drug-likeness (QED) is 0.402. The van der Waals surface area contributed by atoms with Gasteiger partial charge in [-0.15, -0.1) is 0 Å². The van der Waals surface area contributed by atoms with Crippen molar-refractivity contribution in [1.82, 2.24) is 15.1 Å². The Labute approximate surface area is 206 Å². The van der Waals surface area contributed by atoms with E-state index in [2.05, 4.69) is 10.2 Å². The van der Waals surface area contributed by atoms with E-state index in [0.29, 0.717) is 18.2 Å². The Balaban J connectivity index is 2.22. The van der Waals surface area contributed by atoms with Crippen LogP contribution in [-0.4, -0.2) is 72.0 Å². The average Bonchev–Trinajstić information content (AvgIpc) is 2.72. The summed E-state index contributed by atoms with van der Waals surface area (Å²) in [5.74, 6) is -0.462. The number of piperidine rings is 1. The molecule has 1 aliphatic carbocycles. The molecule has 7 heteroatoms. The van der Waals surface area contributed by atoms with E-state index in [9.17, 15) is 14.4 Å². The Bertz CT molecular complexity index is 751. The normalized spacial score (nSPS) is 22.0. The number of esters is 1. The molecule has 194 valence electrons. The van der Waals surface area contributed by atoms with Gasteiger partial charge >= 0.3 is 5.97 Å². The molecule has 0 spiro atoms. The summed E-state index contributed by atoms with van der Waals surface area (Å²) in [6.07, 6.45) is 8.39. The zero-order chi connectivity index (χ0) is 25.6. The molecule has 0 aromatic rings. The number of rotatable bonds is 9. The molecule has 0 aromatic heterocycles. The Morgan fingerprint density at radius 1 is 1.12 bits per heavy atom. The molecule has 2 aliphatic rings. The molecule has 2 amide bonds. The zero-order valence-electron chi connectivity index (χ0n) is 22.6. The molecule has 1 N–H and O–H groups in total. The third-order valence-electron chi connectivity index (χ3n) is 7.29. The molecule has 34 heavy (non-hydrogen) atoms. The first-order valence-electron chi connectivity index (χ1n) is 13.1. The van der Waals surface area contributed by atoms with Crippen LogP contribution in [0.1, 0.15) is 87.0 Å². The third kappa shape index (κ3) is 7.06. The second-order valence-electron chi connectivity index (χ2n) is 11.4. The molecule has 2 rings (SSSR count). The van der Waals surface area contributed by atoms with Gasteiger partial charge in [0.05, 0.1) is 18.7 Å². The lowest BCUT2D eigenvalue weighted by Crippen LogP contribution is -2.61. The second-order valence-corrected chi connectivity index (χ2v) is 11.4. The maximum absolute atomic E-state index is 13.8. The van der Waals surface area contributed by atoms with E-state index in [1.54, 1.807) is 25.8 Å². The highest BCUT2D eigenvalue weighted by molar-refractivity contribution is 5.91. The molecule has 0 radical (unpaired) electrons. The third-order valence-corrected chi connectivity index (χ3v) is 7.29. The van der Waals surface area contributed by atoms with E-state index in [1.807, 2.05) is 40.7 Å². The minimum atomic E-state index is -0.660. The van der Waals surface area contributed by atoms with Crippen LogP contribution < -0.4 is 5.32 Å². The van der Waals surface area contributed by atoms with E-state index < -0.39 is 11.5 Å². The van der Waals surface area contributed by atoms with Crippen LogP contribution in [0, 0.1) is 11.3 Å². The van der Waals surface area contributed by atoms with E-state index >= 15 is 0 Å². The summed E-state index contributed by atoms with van der Waals surface area (Å²) >= 11 is 0. The fourth-order valence-electron chi connectivity index (χ4n) is 4.95. The highest BCUT2D eigenvalue weighted by atomic mass is 16.5. The molecule has 1 heterocycles. The van der Waals surface area contributed by atoms with Gasteiger partial charge in [0.15, 0.2) is 0 Å². The fraction of sp³-hybridized carbons (Fsp3) is 0.815. The van der Waals surface area contributed by atoms with Crippen LogP contribution in [0.15, 0.2) is 11.6 Å². The largest absolute Gasteiger partial charge is 0.463 e. The minimum Gasteiger partial charge on any atom is -0.463 e. The molecule has 1 saturated heterocycles. The summed E-state index contributed by atoms with van der Waals surface area (Å²) in [4.78, 5) is 43.5. The Hall–Kier alpha value is -1.89. The molecule has 3 atom stereocenters. The van der Waals surface area contributed by atoms with Crippen molar-refractivity contribution in [3.8, 4) is 0 Å². The first-order valence-corrected chi connectivity index (χ1v) is 13.1. The van der Waals surface area contributed by atoms with Gasteiger partial charge < -0.3 is 15.0 Å². The maximum Gasteiger partial charge on any atom is 0.333 e. The van der Waals surface area contributed by atoms with Gasteiger partial charge in [-0.05, 0) is 57.4 Å². The monoisotopic (exact) mass is 477 g/mol. The maximum atomic E-state index is 13.8. The Kier molecular flexibility index (Phi) is 10.2. The van der Waals surface area contributed by atoms with Crippen molar-refractivity contribution in [1.29, 1.82) is 0 Å². The molecule has 0 unspecified atom stereocenters. The van der Waals surface area contributed by atoms with Gasteiger partial charge in [-0.3, -0.25) is 14.5 Å². The van der Waals surface area contributed by atoms with Gasteiger partial charge in [0.1, 0.15) is 6.04 Å². The van der Waals surface area contributed by atoms with Crippen LogP contribution in [0.3, 0.4) is 0 Å². The lowest BCUT2D eigenvalue weighted by atomic mass is 9.84. The number of ether oxygens (including phenoxy) is 1. The predicted molar refractivity (Wildman–Crippen MR) is 135 cm³/mol. The van der Waals surface area contributed by atoms with Crippen LogP contribution in [0.5, 0.6) is 0 Å². The summed E-state index contributed by atoms with van der Waals surface area (Å²) in [7, 11) is 1.76. The van der Waals surface area contributed by atoms with Gasteiger partial charge in [-0.25, -0.2) is 4.79 Å². The van der Waals surface area contributed by atoms with E-state index in [4.69, 9.17) is 4.74 Å². The molecule has 2 fully saturated rings. The van der Waals surface area contributed by atoms with E-state index in [-0.39, 0.29) is 35.8 Å². The number of carbonyl (C=O) groups excluding carboxylic acids is 3. The highest BCUT2D eigenvalue weighted by Gasteiger charge is 2.41. The van der Waals surface area contributed by atoms with Crippen LogP contribution >= 0.6 is 0 Å². The van der Waals surface area contributed by atoms with Gasteiger partial charge in [0.25, 0.3) is 0 Å². The number of hydrogen-bond acceptors (Lipinski definition) is 5.